The van der Waals surface area contributed by atoms with Crippen molar-refractivity contribution in [1.29, 1.82) is 0 Å². The lowest BCUT2D eigenvalue weighted by Gasteiger charge is -2.07. The first kappa shape index (κ1) is 17.1. The van der Waals surface area contributed by atoms with E-state index in [1.165, 1.54) is 6.20 Å². The molecule has 1 amide bonds. The Balaban J connectivity index is 1.97. The maximum atomic E-state index is 12.1. The zero-order valence-corrected chi connectivity index (χ0v) is 14.3. The number of unbranched alkanes of at least 4 members (excludes halogenated alkanes) is 1. The van der Waals surface area contributed by atoms with Crippen LogP contribution in [0.15, 0.2) is 47.2 Å². The number of rotatable bonds is 6. The number of hydrogen-bond acceptors (Lipinski definition) is 4. The average Bonchev–Trinajstić information content (AvgIpc) is 2.55. The molecule has 120 valence electrons. The van der Waals surface area contributed by atoms with Gasteiger partial charge in [0.1, 0.15) is 0 Å². The van der Waals surface area contributed by atoms with Crippen LogP contribution in [0.2, 0.25) is 0 Å². The molecule has 0 aliphatic heterocycles. The summed E-state index contributed by atoms with van der Waals surface area (Å²) >= 11 is 3.27. The zero-order chi connectivity index (χ0) is 16.7. The summed E-state index contributed by atoms with van der Waals surface area (Å²) in [6, 6.07) is 8.27. The number of carbonyl (C=O) groups excluding carboxylic acids is 2. The Labute approximate surface area is 143 Å². The highest BCUT2D eigenvalue weighted by Gasteiger charge is 2.09. The van der Waals surface area contributed by atoms with Gasteiger partial charge in [-0.2, -0.15) is 0 Å². The highest BCUT2D eigenvalue weighted by atomic mass is 79.9. The van der Waals surface area contributed by atoms with Crippen molar-refractivity contribution in [2.75, 3.05) is 11.9 Å². The second kappa shape index (κ2) is 8.43. The fourth-order valence-corrected chi connectivity index (χ4v) is 2.19. The summed E-state index contributed by atoms with van der Waals surface area (Å²) < 4.78 is 5.86. The topological polar surface area (TPSA) is 68.3 Å². The predicted molar refractivity (Wildman–Crippen MR) is 91.5 cm³/mol. The van der Waals surface area contributed by atoms with E-state index in [1.807, 2.05) is 6.92 Å². The molecule has 1 heterocycles. The van der Waals surface area contributed by atoms with E-state index < -0.39 is 0 Å². The van der Waals surface area contributed by atoms with Crippen LogP contribution in [0.25, 0.3) is 0 Å². The summed E-state index contributed by atoms with van der Waals surface area (Å²) in [5, 5.41) is 2.75. The van der Waals surface area contributed by atoms with Crippen molar-refractivity contribution < 1.29 is 14.3 Å². The normalized spacial score (nSPS) is 10.2. The van der Waals surface area contributed by atoms with E-state index in [9.17, 15) is 9.59 Å². The molecule has 0 atom stereocenters. The zero-order valence-electron chi connectivity index (χ0n) is 12.7. The van der Waals surface area contributed by atoms with Crippen LogP contribution in [0.3, 0.4) is 0 Å². The maximum absolute atomic E-state index is 12.1. The van der Waals surface area contributed by atoms with Crippen LogP contribution in [0.4, 0.5) is 5.69 Å². The van der Waals surface area contributed by atoms with Gasteiger partial charge in [0.25, 0.3) is 5.91 Å². The number of anilines is 1. The Hall–Kier alpha value is -2.21. The second-order valence-corrected chi connectivity index (χ2v) is 5.83. The van der Waals surface area contributed by atoms with Crippen LogP contribution in [0.1, 0.15) is 40.5 Å². The number of nitrogens with zero attached hydrogens (tertiary/aromatic N) is 1. The van der Waals surface area contributed by atoms with E-state index in [4.69, 9.17) is 4.74 Å². The molecule has 6 heteroatoms. The summed E-state index contributed by atoms with van der Waals surface area (Å²) in [5.74, 6) is -0.621. The van der Waals surface area contributed by atoms with Crippen molar-refractivity contribution in [3.8, 4) is 0 Å². The summed E-state index contributed by atoms with van der Waals surface area (Å²) in [4.78, 5) is 27.8. The number of benzene rings is 1. The molecule has 0 radical (unpaired) electrons. The van der Waals surface area contributed by atoms with Gasteiger partial charge in [-0.3, -0.25) is 9.78 Å². The van der Waals surface area contributed by atoms with Gasteiger partial charge in [0.05, 0.1) is 17.7 Å². The van der Waals surface area contributed by atoms with Crippen molar-refractivity contribution in [3.05, 3.63) is 58.3 Å². The van der Waals surface area contributed by atoms with Crippen molar-refractivity contribution in [3.63, 3.8) is 0 Å². The predicted octanol–water partition coefficient (Wildman–Crippen LogP) is 4.05. The largest absolute Gasteiger partial charge is 0.462 e. The van der Waals surface area contributed by atoms with E-state index in [-0.39, 0.29) is 11.9 Å². The van der Waals surface area contributed by atoms with Gasteiger partial charge >= 0.3 is 5.97 Å². The van der Waals surface area contributed by atoms with E-state index in [0.717, 1.165) is 17.3 Å². The van der Waals surface area contributed by atoms with E-state index in [1.54, 1.807) is 36.5 Å². The molecule has 0 saturated heterocycles. The van der Waals surface area contributed by atoms with Crippen molar-refractivity contribution in [1.82, 2.24) is 4.98 Å². The fourth-order valence-electron chi connectivity index (χ4n) is 1.82. The van der Waals surface area contributed by atoms with Crippen molar-refractivity contribution >= 4 is 33.5 Å². The standard InChI is InChI=1S/C17H17BrN2O3/c1-2-3-8-23-17(22)12-4-6-15(7-5-12)20-16(21)13-9-14(18)11-19-10-13/h4-7,9-11H,2-3,8H2,1H3,(H,20,21). The van der Waals surface area contributed by atoms with E-state index in [2.05, 4.69) is 26.2 Å². The van der Waals surface area contributed by atoms with Crippen LogP contribution in [-0.2, 0) is 4.74 Å². The van der Waals surface area contributed by atoms with Crippen LogP contribution in [0.5, 0.6) is 0 Å². The molecule has 0 spiro atoms. The molecular weight excluding hydrogens is 360 g/mol. The van der Waals surface area contributed by atoms with Crippen LogP contribution in [-0.4, -0.2) is 23.5 Å². The Bertz CT molecular complexity index is 686. The van der Waals surface area contributed by atoms with Gasteiger partial charge < -0.3 is 10.1 Å². The van der Waals surface area contributed by atoms with Gasteiger partial charge in [-0.1, -0.05) is 13.3 Å². The van der Waals surface area contributed by atoms with Gasteiger partial charge in [0, 0.05) is 22.6 Å². The highest BCUT2D eigenvalue weighted by molar-refractivity contribution is 9.10. The van der Waals surface area contributed by atoms with Crippen LogP contribution >= 0.6 is 15.9 Å². The first-order valence-electron chi connectivity index (χ1n) is 7.29. The van der Waals surface area contributed by atoms with E-state index >= 15 is 0 Å². The number of carbonyl (C=O) groups is 2. The number of ether oxygens (including phenoxy) is 1. The number of nitrogens with one attached hydrogen (secondary N) is 1. The Kier molecular flexibility index (Phi) is 6.29. The SMILES string of the molecule is CCCCOC(=O)c1ccc(NC(=O)c2cncc(Br)c2)cc1. The summed E-state index contributed by atoms with van der Waals surface area (Å²) in [7, 11) is 0. The average molecular weight is 377 g/mol. The third kappa shape index (κ3) is 5.17. The third-order valence-corrected chi connectivity index (χ3v) is 3.51. The minimum Gasteiger partial charge on any atom is -0.462 e. The highest BCUT2D eigenvalue weighted by Crippen LogP contribution is 2.14. The summed E-state index contributed by atoms with van der Waals surface area (Å²) in [6.45, 7) is 2.45. The molecule has 23 heavy (non-hydrogen) atoms. The monoisotopic (exact) mass is 376 g/mol. The smallest absolute Gasteiger partial charge is 0.338 e. The lowest BCUT2D eigenvalue weighted by molar-refractivity contribution is 0.0499. The van der Waals surface area contributed by atoms with Crippen molar-refractivity contribution in [2.24, 2.45) is 0 Å². The Morgan fingerprint density at radius 1 is 1.17 bits per heavy atom. The van der Waals surface area contributed by atoms with Crippen LogP contribution < -0.4 is 5.32 Å². The molecule has 0 fully saturated rings. The number of halogens is 1. The van der Waals surface area contributed by atoms with E-state index in [0.29, 0.717) is 23.4 Å². The van der Waals surface area contributed by atoms with Gasteiger partial charge in [-0.15, -0.1) is 0 Å². The molecule has 1 aromatic carbocycles. The van der Waals surface area contributed by atoms with Crippen LogP contribution in [0, 0.1) is 0 Å². The summed E-state index contributed by atoms with van der Waals surface area (Å²) in [6.07, 6.45) is 4.92. The lowest BCUT2D eigenvalue weighted by Crippen LogP contribution is -2.12. The quantitative estimate of drug-likeness (QED) is 0.609. The number of hydrogen-bond donors (Lipinski definition) is 1. The summed E-state index contributed by atoms with van der Waals surface area (Å²) in [5.41, 5.74) is 1.51. The first-order chi connectivity index (χ1) is 11.1. The molecule has 0 saturated carbocycles. The van der Waals surface area contributed by atoms with Gasteiger partial charge in [-0.25, -0.2) is 4.79 Å². The number of esters is 1. The Morgan fingerprint density at radius 3 is 2.57 bits per heavy atom. The third-order valence-electron chi connectivity index (χ3n) is 3.08. The van der Waals surface area contributed by atoms with Gasteiger partial charge in [0.15, 0.2) is 0 Å². The second-order valence-electron chi connectivity index (χ2n) is 4.91. The molecule has 0 unspecified atom stereocenters. The number of pyridine rings is 1. The maximum Gasteiger partial charge on any atom is 0.338 e. The first-order valence-corrected chi connectivity index (χ1v) is 8.08. The van der Waals surface area contributed by atoms with Gasteiger partial charge in [0.2, 0.25) is 0 Å². The molecule has 2 aromatic rings. The molecule has 1 N–H and O–H groups in total. The molecule has 2 rings (SSSR count). The molecule has 1 aromatic heterocycles. The molecular formula is C17H17BrN2O3. The number of amides is 1. The molecule has 0 aliphatic rings. The molecule has 0 aliphatic carbocycles. The number of aromatic nitrogens is 1. The van der Waals surface area contributed by atoms with Gasteiger partial charge in [-0.05, 0) is 52.7 Å². The fraction of sp³-hybridized carbons (Fsp3) is 0.235. The Morgan fingerprint density at radius 2 is 1.91 bits per heavy atom. The minimum atomic E-state index is -0.354. The molecule has 5 nitrogen and oxygen atoms in total. The molecule has 0 bridgehead atoms. The van der Waals surface area contributed by atoms with Crippen molar-refractivity contribution in [2.45, 2.75) is 19.8 Å². The lowest BCUT2D eigenvalue weighted by atomic mass is 10.2. The minimum absolute atomic E-state index is 0.267.